The van der Waals surface area contributed by atoms with E-state index in [-0.39, 0.29) is 30.2 Å². The Hall–Kier alpha value is -3.45. The molecule has 4 rings (SSSR count). The van der Waals surface area contributed by atoms with Crippen LogP contribution in [0.3, 0.4) is 0 Å². The normalized spacial score (nSPS) is 16.0. The molecule has 6 nitrogen and oxygen atoms in total. The molecule has 154 valence electrons. The van der Waals surface area contributed by atoms with Gasteiger partial charge in [-0.15, -0.1) is 0 Å². The summed E-state index contributed by atoms with van der Waals surface area (Å²) in [6.45, 7) is 3.95. The van der Waals surface area contributed by atoms with Gasteiger partial charge in [0, 0.05) is 36.7 Å². The van der Waals surface area contributed by atoms with Crippen LogP contribution in [0.2, 0.25) is 0 Å². The molecule has 1 atom stereocenters. The minimum absolute atomic E-state index is 0.136. The van der Waals surface area contributed by atoms with Crippen LogP contribution in [-0.2, 0) is 11.3 Å². The van der Waals surface area contributed by atoms with Crippen molar-refractivity contribution in [2.24, 2.45) is 0 Å². The van der Waals surface area contributed by atoms with Crippen LogP contribution in [0.4, 0.5) is 15.8 Å². The van der Waals surface area contributed by atoms with E-state index >= 15 is 0 Å². The zero-order valence-corrected chi connectivity index (χ0v) is 16.6. The van der Waals surface area contributed by atoms with Gasteiger partial charge in [-0.05, 0) is 55.5 Å². The number of benzene rings is 2. The van der Waals surface area contributed by atoms with Crippen molar-refractivity contribution in [3.8, 4) is 0 Å². The highest BCUT2D eigenvalue weighted by atomic mass is 19.1. The van der Waals surface area contributed by atoms with Gasteiger partial charge in [-0.25, -0.2) is 4.39 Å². The summed E-state index contributed by atoms with van der Waals surface area (Å²) in [4.78, 5) is 27.5. The number of anilines is 2. The van der Waals surface area contributed by atoms with Crippen molar-refractivity contribution in [2.45, 2.75) is 19.5 Å². The van der Waals surface area contributed by atoms with E-state index in [2.05, 4.69) is 39.3 Å². The molecule has 2 amide bonds. The van der Waals surface area contributed by atoms with Gasteiger partial charge in [0.1, 0.15) is 5.82 Å². The molecule has 30 heavy (non-hydrogen) atoms. The second-order valence-electron chi connectivity index (χ2n) is 7.33. The molecule has 2 N–H and O–H groups in total. The third kappa shape index (κ3) is 4.26. The number of hydrogen-bond acceptors (Lipinski definition) is 3. The molecule has 0 saturated heterocycles. The summed E-state index contributed by atoms with van der Waals surface area (Å²) in [5.41, 5.74) is 2.45. The van der Waals surface area contributed by atoms with Gasteiger partial charge >= 0.3 is 0 Å². The Balaban J connectivity index is 1.43. The summed E-state index contributed by atoms with van der Waals surface area (Å²) in [5.74, 6) is -0.926. The number of nitrogens with zero attached hydrogens (tertiary/aromatic N) is 2. The highest BCUT2D eigenvalue weighted by Gasteiger charge is 2.25. The summed E-state index contributed by atoms with van der Waals surface area (Å²) in [5, 5.41) is 5.59. The Morgan fingerprint density at radius 3 is 2.57 bits per heavy atom. The molecule has 0 radical (unpaired) electrons. The second kappa shape index (κ2) is 8.51. The molecule has 1 aromatic heterocycles. The number of para-hydroxylation sites is 1. The lowest BCUT2D eigenvalue weighted by Crippen LogP contribution is -2.41. The van der Waals surface area contributed by atoms with Crippen LogP contribution in [0.5, 0.6) is 0 Å². The third-order valence-electron chi connectivity index (χ3n) is 5.36. The number of hydrogen-bond donors (Lipinski definition) is 2. The van der Waals surface area contributed by atoms with Crippen molar-refractivity contribution < 1.29 is 14.0 Å². The molecule has 1 aliphatic rings. The second-order valence-corrected chi connectivity index (χ2v) is 7.33. The third-order valence-corrected chi connectivity index (χ3v) is 5.36. The first-order valence-corrected chi connectivity index (χ1v) is 9.86. The smallest absolute Gasteiger partial charge is 0.257 e. The first-order chi connectivity index (χ1) is 14.5. The molecule has 7 heteroatoms. The largest absolute Gasteiger partial charge is 0.349 e. The van der Waals surface area contributed by atoms with Gasteiger partial charge < -0.3 is 15.2 Å². The minimum atomic E-state index is -0.375. The van der Waals surface area contributed by atoms with Crippen LogP contribution >= 0.6 is 0 Å². The number of halogens is 1. The summed E-state index contributed by atoms with van der Waals surface area (Å²) < 4.78 is 15.3. The summed E-state index contributed by atoms with van der Waals surface area (Å²) >= 11 is 0. The summed E-state index contributed by atoms with van der Waals surface area (Å²) in [6, 6.07) is 16.6. The van der Waals surface area contributed by atoms with Crippen LogP contribution in [0.25, 0.3) is 0 Å². The van der Waals surface area contributed by atoms with Gasteiger partial charge in [0.25, 0.3) is 5.91 Å². The lowest BCUT2D eigenvalue weighted by molar-refractivity contribution is -0.118. The van der Waals surface area contributed by atoms with Crippen molar-refractivity contribution in [1.82, 2.24) is 9.47 Å². The standard InChI is InChI=1S/C23H23FN4O2/c1-16-21-7-4-12-27(21)13-14-28(16)15-22(29)26-20-6-3-2-5-19(20)23(30)25-18-10-8-17(24)9-11-18/h2-12,16H,13-15H2,1H3,(H,25,30)(H,26,29). The molecule has 0 bridgehead atoms. The molecular weight excluding hydrogens is 383 g/mol. The molecule has 1 unspecified atom stereocenters. The van der Waals surface area contributed by atoms with Crippen molar-refractivity contribution in [2.75, 3.05) is 23.7 Å². The fourth-order valence-corrected chi connectivity index (χ4v) is 3.74. The van der Waals surface area contributed by atoms with E-state index in [9.17, 15) is 14.0 Å². The predicted molar refractivity (Wildman–Crippen MR) is 114 cm³/mol. The Morgan fingerprint density at radius 1 is 1.00 bits per heavy atom. The highest BCUT2D eigenvalue weighted by molar-refractivity contribution is 6.10. The maximum absolute atomic E-state index is 13.1. The lowest BCUT2D eigenvalue weighted by Gasteiger charge is -2.34. The van der Waals surface area contributed by atoms with Crippen molar-refractivity contribution in [1.29, 1.82) is 0 Å². The molecule has 2 aromatic carbocycles. The van der Waals surface area contributed by atoms with Crippen molar-refractivity contribution in [3.63, 3.8) is 0 Å². The van der Waals surface area contributed by atoms with Gasteiger partial charge in [0.2, 0.25) is 5.91 Å². The van der Waals surface area contributed by atoms with E-state index in [4.69, 9.17) is 0 Å². The van der Waals surface area contributed by atoms with E-state index in [0.29, 0.717) is 16.9 Å². The number of fused-ring (bicyclic) bond motifs is 1. The predicted octanol–water partition coefficient (Wildman–Crippen LogP) is 3.89. The minimum Gasteiger partial charge on any atom is -0.349 e. The van der Waals surface area contributed by atoms with E-state index in [1.807, 2.05) is 6.07 Å². The number of amides is 2. The fraction of sp³-hybridized carbons (Fsp3) is 0.217. The molecule has 1 aliphatic heterocycles. The topological polar surface area (TPSA) is 66.4 Å². The molecule has 0 spiro atoms. The van der Waals surface area contributed by atoms with Crippen LogP contribution in [0.1, 0.15) is 29.0 Å². The Morgan fingerprint density at radius 2 is 1.77 bits per heavy atom. The van der Waals surface area contributed by atoms with E-state index < -0.39 is 0 Å². The zero-order valence-electron chi connectivity index (χ0n) is 16.6. The van der Waals surface area contributed by atoms with E-state index in [1.54, 1.807) is 24.3 Å². The molecule has 2 heterocycles. The number of carbonyl (C=O) groups excluding carboxylic acids is 2. The fourth-order valence-electron chi connectivity index (χ4n) is 3.74. The lowest BCUT2D eigenvalue weighted by atomic mass is 10.1. The molecule has 3 aromatic rings. The average Bonchev–Trinajstić information content (AvgIpc) is 3.22. The Bertz CT molecular complexity index is 1060. The van der Waals surface area contributed by atoms with E-state index in [1.165, 1.54) is 30.0 Å². The number of carbonyl (C=O) groups is 2. The zero-order chi connectivity index (χ0) is 21.1. The number of aromatic nitrogens is 1. The van der Waals surface area contributed by atoms with E-state index in [0.717, 1.165) is 13.1 Å². The maximum atomic E-state index is 13.1. The number of nitrogens with one attached hydrogen (secondary N) is 2. The van der Waals surface area contributed by atoms with Crippen LogP contribution < -0.4 is 10.6 Å². The summed E-state index contributed by atoms with van der Waals surface area (Å²) in [7, 11) is 0. The highest BCUT2D eigenvalue weighted by Crippen LogP contribution is 2.25. The SMILES string of the molecule is CC1c2cccn2CCN1CC(=O)Nc1ccccc1C(=O)Nc1ccc(F)cc1. The monoisotopic (exact) mass is 406 g/mol. The quantitative estimate of drug-likeness (QED) is 0.676. The number of rotatable bonds is 5. The first kappa shape index (κ1) is 19.8. The van der Waals surface area contributed by atoms with Crippen molar-refractivity contribution in [3.05, 3.63) is 83.9 Å². The average molecular weight is 406 g/mol. The molecule has 0 fully saturated rings. The molecule has 0 saturated carbocycles. The van der Waals surface area contributed by atoms with Crippen molar-refractivity contribution >= 4 is 23.2 Å². The summed E-state index contributed by atoms with van der Waals surface area (Å²) in [6.07, 6.45) is 2.05. The van der Waals surface area contributed by atoms with Gasteiger partial charge in [-0.2, -0.15) is 0 Å². The maximum Gasteiger partial charge on any atom is 0.257 e. The van der Waals surface area contributed by atoms with Gasteiger partial charge in [0.05, 0.1) is 17.8 Å². The van der Waals surface area contributed by atoms with Crippen LogP contribution in [0, 0.1) is 5.82 Å². The Labute approximate surface area is 174 Å². The molecule has 0 aliphatic carbocycles. The van der Waals surface area contributed by atoms with Gasteiger partial charge in [-0.3, -0.25) is 14.5 Å². The van der Waals surface area contributed by atoms with Crippen LogP contribution in [0.15, 0.2) is 66.9 Å². The van der Waals surface area contributed by atoms with Gasteiger partial charge in [-0.1, -0.05) is 12.1 Å². The first-order valence-electron chi connectivity index (χ1n) is 9.86. The van der Waals surface area contributed by atoms with Crippen LogP contribution in [-0.4, -0.2) is 34.4 Å². The Kier molecular flexibility index (Phi) is 5.63. The molecular formula is C23H23FN4O2. The van der Waals surface area contributed by atoms with Gasteiger partial charge in [0.15, 0.2) is 0 Å².